The lowest BCUT2D eigenvalue weighted by Crippen LogP contribution is -2.32. The maximum absolute atomic E-state index is 4.47. The van der Waals surface area contributed by atoms with Gasteiger partial charge in [0.1, 0.15) is 12.2 Å². The van der Waals surface area contributed by atoms with Gasteiger partial charge in [-0.1, -0.05) is 69.1 Å². The van der Waals surface area contributed by atoms with Gasteiger partial charge in [0.05, 0.1) is 0 Å². The molecule has 1 aromatic heterocycles. The second-order valence-electron chi connectivity index (χ2n) is 5.51. The summed E-state index contributed by atoms with van der Waals surface area (Å²) in [7, 11) is 0. The smallest absolute Gasteiger partial charge is 0.138 e. The van der Waals surface area contributed by atoms with Crippen molar-refractivity contribution >= 4 is 31.9 Å². The zero-order valence-electron chi connectivity index (χ0n) is 12.3. The first-order chi connectivity index (χ1) is 10.2. The molecule has 0 aliphatic heterocycles. The van der Waals surface area contributed by atoms with Gasteiger partial charge in [-0.2, -0.15) is 5.10 Å². The molecule has 0 fully saturated rings. The van der Waals surface area contributed by atoms with Crippen LogP contribution in [0.5, 0.6) is 0 Å². The van der Waals surface area contributed by atoms with E-state index in [1.165, 1.54) is 5.56 Å². The Hall–Kier alpha value is -0.680. The zero-order chi connectivity index (χ0) is 15.1. The van der Waals surface area contributed by atoms with Gasteiger partial charge in [-0.15, -0.1) is 0 Å². The van der Waals surface area contributed by atoms with E-state index in [1.54, 1.807) is 6.33 Å². The number of hydrogen-bond acceptors (Lipinski definition) is 2. The Kier molecular flexibility index (Phi) is 6.42. The van der Waals surface area contributed by atoms with E-state index in [2.05, 4.69) is 79.2 Å². The average molecular weight is 415 g/mol. The highest BCUT2D eigenvalue weighted by molar-refractivity contribution is 9.09. The van der Waals surface area contributed by atoms with Gasteiger partial charge in [0.15, 0.2) is 0 Å². The molecule has 0 atom stereocenters. The Labute approximate surface area is 143 Å². The standard InChI is InChI=1S/C16H21Br2N3/c1-2-8-21-15(19-13-20-21)10-16(11-17,12-18)9-14-6-4-3-5-7-14/h3-7,13H,2,8-12H2,1H3. The minimum atomic E-state index is 0.111. The van der Waals surface area contributed by atoms with Crippen molar-refractivity contribution in [3.05, 3.63) is 48.0 Å². The van der Waals surface area contributed by atoms with Crippen molar-refractivity contribution in [2.24, 2.45) is 5.41 Å². The summed E-state index contributed by atoms with van der Waals surface area (Å²) in [5.74, 6) is 1.08. The van der Waals surface area contributed by atoms with Crippen LogP contribution in [-0.2, 0) is 19.4 Å². The summed E-state index contributed by atoms with van der Waals surface area (Å²) in [4.78, 5) is 4.47. The third-order valence-electron chi connectivity index (χ3n) is 3.65. The minimum absolute atomic E-state index is 0.111. The van der Waals surface area contributed by atoms with Gasteiger partial charge in [-0.3, -0.25) is 4.68 Å². The molecule has 0 amide bonds. The normalized spacial score (nSPS) is 11.8. The van der Waals surface area contributed by atoms with Crippen molar-refractivity contribution in [1.82, 2.24) is 14.8 Å². The summed E-state index contributed by atoms with van der Waals surface area (Å²) in [6.45, 7) is 3.10. The van der Waals surface area contributed by atoms with Gasteiger partial charge < -0.3 is 0 Å². The fourth-order valence-corrected chi connectivity index (χ4v) is 4.20. The molecule has 2 aromatic rings. The van der Waals surface area contributed by atoms with E-state index < -0.39 is 0 Å². The quantitative estimate of drug-likeness (QED) is 0.604. The minimum Gasteiger partial charge on any atom is -0.250 e. The second kappa shape index (κ2) is 8.08. The van der Waals surface area contributed by atoms with E-state index in [9.17, 15) is 0 Å². The van der Waals surface area contributed by atoms with Crippen LogP contribution < -0.4 is 0 Å². The van der Waals surface area contributed by atoms with E-state index in [0.717, 1.165) is 42.3 Å². The van der Waals surface area contributed by atoms with Gasteiger partial charge in [0.25, 0.3) is 0 Å². The molecule has 3 nitrogen and oxygen atoms in total. The molecule has 5 heteroatoms. The first-order valence-electron chi connectivity index (χ1n) is 7.25. The second-order valence-corrected chi connectivity index (χ2v) is 6.63. The van der Waals surface area contributed by atoms with Crippen LogP contribution in [0.25, 0.3) is 0 Å². The molecule has 0 saturated heterocycles. The molecule has 2 rings (SSSR count). The van der Waals surface area contributed by atoms with Crippen LogP contribution in [0.1, 0.15) is 24.7 Å². The number of aromatic nitrogens is 3. The SMILES string of the molecule is CCCn1ncnc1CC(CBr)(CBr)Cc1ccccc1. The summed E-state index contributed by atoms with van der Waals surface area (Å²) in [5.41, 5.74) is 1.47. The Morgan fingerprint density at radius 2 is 1.81 bits per heavy atom. The van der Waals surface area contributed by atoms with Crippen LogP contribution in [0.15, 0.2) is 36.7 Å². The number of halogens is 2. The largest absolute Gasteiger partial charge is 0.250 e. The van der Waals surface area contributed by atoms with Crippen LogP contribution in [0.4, 0.5) is 0 Å². The first kappa shape index (κ1) is 16.7. The van der Waals surface area contributed by atoms with Crippen molar-refractivity contribution in [3.63, 3.8) is 0 Å². The molecule has 0 aliphatic carbocycles. The fraction of sp³-hybridized carbons (Fsp3) is 0.500. The zero-order valence-corrected chi connectivity index (χ0v) is 15.5. The van der Waals surface area contributed by atoms with Crippen LogP contribution in [0.3, 0.4) is 0 Å². The molecule has 0 aliphatic rings. The highest BCUT2D eigenvalue weighted by Crippen LogP contribution is 2.31. The summed E-state index contributed by atoms with van der Waals surface area (Å²) >= 11 is 7.43. The molecule has 0 spiro atoms. The van der Waals surface area contributed by atoms with Crippen LogP contribution in [0, 0.1) is 5.41 Å². The van der Waals surface area contributed by atoms with E-state index in [0.29, 0.717) is 0 Å². The molecule has 0 bridgehead atoms. The Bertz CT molecular complexity index is 535. The summed E-state index contributed by atoms with van der Waals surface area (Å²) < 4.78 is 2.03. The number of alkyl halides is 2. The van der Waals surface area contributed by atoms with Crippen molar-refractivity contribution in [3.8, 4) is 0 Å². The Morgan fingerprint density at radius 1 is 1.10 bits per heavy atom. The van der Waals surface area contributed by atoms with E-state index in [4.69, 9.17) is 0 Å². The number of hydrogen-bond donors (Lipinski definition) is 0. The summed E-state index contributed by atoms with van der Waals surface area (Å²) in [6.07, 6.45) is 4.67. The summed E-state index contributed by atoms with van der Waals surface area (Å²) in [5, 5.41) is 6.20. The van der Waals surface area contributed by atoms with E-state index in [1.807, 2.05) is 4.68 Å². The lowest BCUT2D eigenvalue weighted by molar-refractivity contribution is 0.365. The lowest BCUT2D eigenvalue weighted by atomic mass is 9.82. The molecular formula is C16H21Br2N3. The highest BCUT2D eigenvalue weighted by atomic mass is 79.9. The number of benzene rings is 1. The molecule has 114 valence electrons. The van der Waals surface area contributed by atoms with Gasteiger partial charge in [0.2, 0.25) is 0 Å². The van der Waals surface area contributed by atoms with E-state index in [-0.39, 0.29) is 5.41 Å². The first-order valence-corrected chi connectivity index (χ1v) is 9.50. The maximum atomic E-state index is 4.47. The summed E-state index contributed by atoms with van der Waals surface area (Å²) in [6, 6.07) is 10.6. The van der Waals surface area contributed by atoms with Crippen molar-refractivity contribution in [2.45, 2.75) is 32.7 Å². The highest BCUT2D eigenvalue weighted by Gasteiger charge is 2.30. The van der Waals surface area contributed by atoms with Crippen molar-refractivity contribution < 1.29 is 0 Å². The number of aryl methyl sites for hydroxylation is 1. The van der Waals surface area contributed by atoms with Crippen molar-refractivity contribution in [2.75, 3.05) is 10.7 Å². The number of nitrogens with zero attached hydrogens (tertiary/aromatic N) is 3. The number of rotatable bonds is 8. The molecule has 1 aromatic carbocycles. The molecule has 0 saturated carbocycles. The molecule has 1 heterocycles. The maximum Gasteiger partial charge on any atom is 0.138 e. The third kappa shape index (κ3) is 4.39. The predicted octanol–water partition coefficient (Wildman–Crippen LogP) is 4.25. The molecule has 21 heavy (non-hydrogen) atoms. The van der Waals surface area contributed by atoms with Crippen molar-refractivity contribution in [1.29, 1.82) is 0 Å². The molecule has 0 unspecified atom stereocenters. The van der Waals surface area contributed by atoms with Crippen LogP contribution in [0.2, 0.25) is 0 Å². The topological polar surface area (TPSA) is 30.7 Å². The Morgan fingerprint density at radius 3 is 2.43 bits per heavy atom. The molecular weight excluding hydrogens is 394 g/mol. The van der Waals surface area contributed by atoms with Crippen LogP contribution >= 0.6 is 31.9 Å². The molecule has 0 radical (unpaired) electrons. The monoisotopic (exact) mass is 413 g/mol. The van der Waals surface area contributed by atoms with Gasteiger partial charge in [0, 0.05) is 29.0 Å². The van der Waals surface area contributed by atoms with Gasteiger partial charge in [-0.05, 0) is 18.4 Å². The fourth-order valence-electron chi connectivity index (χ4n) is 2.48. The van der Waals surface area contributed by atoms with E-state index >= 15 is 0 Å². The third-order valence-corrected chi connectivity index (χ3v) is 6.03. The lowest BCUT2D eigenvalue weighted by Gasteiger charge is -2.30. The Balaban J connectivity index is 2.19. The van der Waals surface area contributed by atoms with Gasteiger partial charge >= 0.3 is 0 Å². The van der Waals surface area contributed by atoms with Gasteiger partial charge in [-0.25, -0.2) is 4.98 Å². The van der Waals surface area contributed by atoms with Crippen LogP contribution in [-0.4, -0.2) is 25.4 Å². The average Bonchev–Trinajstić information content (AvgIpc) is 2.95. The predicted molar refractivity (Wildman–Crippen MR) is 94.2 cm³/mol. The molecule has 0 N–H and O–H groups in total.